The van der Waals surface area contributed by atoms with Crippen LogP contribution in [0.2, 0.25) is 0 Å². The lowest BCUT2D eigenvalue weighted by Crippen LogP contribution is -2.53. The SMILES string of the molecule is CC(C)C(=O)CCC[C@H](C(N)=O)N1CCN(CC(N)=O)CCN(CC(N)=O)CCN(CC(N)=O)CC1. The van der Waals surface area contributed by atoms with Crippen molar-refractivity contribution < 1.29 is 24.0 Å². The van der Waals surface area contributed by atoms with E-state index in [1.54, 1.807) is 0 Å². The first-order chi connectivity index (χ1) is 16.9. The van der Waals surface area contributed by atoms with Gasteiger partial charge in [0.05, 0.1) is 25.7 Å². The number of rotatable bonds is 13. The minimum Gasteiger partial charge on any atom is -0.369 e. The quantitative estimate of drug-likeness (QED) is 0.197. The van der Waals surface area contributed by atoms with Crippen molar-refractivity contribution in [1.29, 1.82) is 0 Å². The van der Waals surface area contributed by atoms with Crippen molar-refractivity contribution in [2.45, 2.75) is 39.2 Å². The Morgan fingerprint density at radius 3 is 1.31 bits per heavy atom. The highest BCUT2D eigenvalue weighted by Crippen LogP contribution is 2.13. The molecule has 0 bridgehead atoms. The molecule has 13 nitrogen and oxygen atoms in total. The summed E-state index contributed by atoms with van der Waals surface area (Å²) in [4.78, 5) is 66.8. The topological polar surface area (TPSA) is 202 Å². The van der Waals surface area contributed by atoms with Crippen LogP contribution in [0.15, 0.2) is 0 Å². The van der Waals surface area contributed by atoms with E-state index in [2.05, 4.69) is 0 Å². The zero-order chi connectivity index (χ0) is 27.3. The monoisotopic (exact) mass is 512 g/mol. The molecule has 1 saturated heterocycles. The molecule has 0 aliphatic carbocycles. The molecule has 1 rings (SSSR count). The molecular formula is C23H44N8O5. The second kappa shape index (κ2) is 16.2. The van der Waals surface area contributed by atoms with Crippen molar-refractivity contribution in [3.63, 3.8) is 0 Å². The second-order valence-corrected chi connectivity index (χ2v) is 9.69. The van der Waals surface area contributed by atoms with Crippen LogP contribution >= 0.6 is 0 Å². The standard InChI is InChI=1S/C23H44N8O5/c1-17(2)19(32)5-3-4-18(23(27)36)31-12-10-29(15-21(25)34)8-6-28(14-20(24)33)7-9-30(11-13-31)16-22(26)35/h17-18H,3-16H2,1-2H3,(H2,24,33)(H2,25,34)(H2,26,35)(H2,27,36)/t18-/m1/s1. The number of nitrogens with two attached hydrogens (primary N) is 4. The molecule has 4 amide bonds. The maximum atomic E-state index is 12.4. The summed E-state index contributed by atoms with van der Waals surface area (Å²) in [6.45, 7) is 7.27. The van der Waals surface area contributed by atoms with Crippen LogP contribution in [0.1, 0.15) is 33.1 Å². The summed E-state index contributed by atoms with van der Waals surface area (Å²) in [5, 5.41) is 0. The van der Waals surface area contributed by atoms with E-state index >= 15 is 0 Å². The predicted octanol–water partition coefficient (Wildman–Crippen LogP) is -3.09. The number of hydrogen-bond donors (Lipinski definition) is 4. The minimum absolute atomic E-state index is 0.0240. The molecule has 206 valence electrons. The lowest BCUT2D eigenvalue weighted by molar-refractivity contribution is -0.125. The maximum Gasteiger partial charge on any atom is 0.234 e. The molecule has 0 aromatic rings. The van der Waals surface area contributed by atoms with Crippen LogP contribution in [-0.4, -0.2) is 127 Å². The molecule has 8 N–H and O–H groups in total. The number of nitrogens with zero attached hydrogens (tertiary/aromatic N) is 4. The van der Waals surface area contributed by atoms with Gasteiger partial charge in [-0.3, -0.25) is 43.6 Å². The zero-order valence-corrected chi connectivity index (χ0v) is 21.7. The van der Waals surface area contributed by atoms with Gasteiger partial charge in [-0.25, -0.2) is 0 Å². The maximum absolute atomic E-state index is 12.4. The highest BCUT2D eigenvalue weighted by molar-refractivity contribution is 5.81. The first kappa shape index (κ1) is 31.4. The van der Waals surface area contributed by atoms with Gasteiger partial charge in [0.2, 0.25) is 23.6 Å². The van der Waals surface area contributed by atoms with Gasteiger partial charge in [0.25, 0.3) is 0 Å². The average Bonchev–Trinajstić information content (AvgIpc) is 2.75. The third kappa shape index (κ3) is 12.9. The molecule has 0 spiro atoms. The van der Waals surface area contributed by atoms with E-state index in [0.717, 1.165) is 0 Å². The Labute approximate surface area is 213 Å². The second-order valence-electron chi connectivity index (χ2n) is 9.69. The summed E-state index contributed by atoms with van der Waals surface area (Å²) in [5.41, 5.74) is 22.0. The fourth-order valence-electron chi connectivity index (χ4n) is 4.26. The van der Waals surface area contributed by atoms with Gasteiger partial charge < -0.3 is 22.9 Å². The van der Waals surface area contributed by atoms with Gasteiger partial charge in [-0.05, 0) is 12.8 Å². The van der Waals surface area contributed by atoms with E-state index in [4.69, 9.17) is 22.9 Å². The van der Waals surface area contributed by atoms with Gasteiger partial charge in [0, 0.05) is 64.7 Å². The van der Waals surface area contributed by atoms with Crippen LogP contribution < -0.4 is 22.9 Å². The van der Waals surface area contributed by atoms with Crippen molar-refractivity contribution in [1.82, 2.24) is 19.6 Å². The van der Waals surface area contributed by atoms with Crippen molar-refractivity contribution >= 4 is 29.4 Å². The van der Waals surface area contributed by atoms with Crippen LogP contribution in [0, 0.1) is 5.92 Å². The largest absolute Gasteiger partial charge is 0.369 e. The summed E-state index contributed by atoms with van der Waals surface area (Å²) in [5.74, 6) is -1.88. The molecule has 1 fully saturated rings. The summed E-state index contributed by atoms with van der Waals surface area (Å²) in [6, 6.07) is -0.606. The highest BCUT2D eigenvalue weighted by atomic mass is 16.2. The lowest BCUT2D eigenvalue weighted by Gasteiger charge is -2.36. The zero-order valence-electron chi connectivity index (χ0n) is 21.7. The molecule has 1 heterocycles. The number of amides is 4. The predicted molar refractivity (Wildman–Crippen MR) is 135 cm³/mol. The number of carbonyl (C=O) groups is 5. The fourth-order valence-corrected chi connectivity index (χ4v) is 4.26. The van der Waals surface area contributed by atoms with Crippen LogP contribution in [0.4, 0.5) is 0 Å². The van der Waals surface area contributed by atoms with Crippen LogP contribution in [0.3, 0.4) is 0 Å². The minimum atomic E-state index is -0.606. The first-order valence-electron chi connectivity index (χ1n) is 12.5. The molecule has 0 unspecified atom stereocenters. The molecule has 0 saturated carbocycles. The molecule has 1 atom stereocenters. The first-order valence-corrected chi connectivity index (χ1v) is 12.5. The van der Waals surface area contributed by atoms with E-state index in [0.29, 0.717) is 71.6 Å². The number of carbonyl (C=O) groups excluding carboxylic acids is 5. The van der Waals surface area contributed by atoms with Gasteiger partial charge >= 0.3 is 0 Å². The van der Waals surface area contributed by atoms with Gasteiger partial charge in [0.1, 0.15) is 5.78 Å². The summed E-state index contributed by atoms with van der Waals surface area (Å²) >= 11 is 0. The highest BCUT2D eigenvalue weighted by Gasteiger charge is 2.26. The van der Waals surface area contributed by atoms with Crippen molar-refractivity contribution in [3.05, 3.63) is 0 Å². The Kier molecular flexibility index (Phi) is 14.1. The van der Waals surface area contributed by atoms with Crippen LogP contribution in [0.5, 0.6) is 0 Å². The molecule has 1 aliphatic heterocycles. The molecule has 0 aromatic heterocycles. The third-order valence-corrected chi connectivity index (χ3v) is 6.32. The summed E-state index contributed by atoms with van der Waals surface area (Å²) < 4.78 is 0. The van der Waals surface area contributed by atoms with Gasteiger partial charge in [-0.1, -0.05) is 13.8 Å². The molecule has 0 aromatic carbocycles. The molecule has 0 radical (unpaired) electrons. The molecular weight excluding hydrogens is 468 g/mol. The Balaban J connectivity index is 3.08. The van der Waals surface area contributed by atoms with Crippen molar-refractivity contribution in [3.8, 4) is 0 Å². The van der Waals surface area contributed by atoms with E-state index in [1.807, 2.05) is 33.4 Å². The molecule has 36 heavy (non-hydrogen) atoms. The Morgan fingerprint density at radius 1 is 0.639 bits per heavy atom. The van der Waals surface area contributed by atoms with E-state index in [-0.39, 0.29) is 31.3 Å². The van der Waals surface area contributed by atoms with Crippen molar-refractivity contribution in [2.24, 2.45) is 28.9 Å². The number of primary amides is 4. The fraction of sp³-hybridized carbons (Fsp3) is 0.783. The number of Topliss-reactive ketones (excluding diaryl/α,β-unsaturated/α-hetero) is 1. The van der Waals surface area contributed by atoms with Crippen LogP contribution in [0.25, 0.3) is 0 Å². The van der Waals surface area contributed by atoms with Crippen molar-refractivity contribution in [2.75, 3.05) is 72.0 Å². The Bertz CT molecular complexity index is 731. The van der Waals surface area contributed by atoms with Gasteiger partial charge in [0.15, 0.2) is 0 Å². The van der Waals surface area contributed by atoms with E-state index in [1.165, 1.54) is 0 Å². The summed E-state index contributed by atoms with van der Waals surface area (Å²) in [7, 11) is 0. The lowest BCUT2D eigenvalue weighted by atomic mass is 10.0. The molecule has 1 aliphatic rings. The third-order valence-electron chi connectivity index (χ3n) is 6.32. The normalized spacial score (nSPS) is 18.8. The average molecular weight is 513 g/mol. The van der Waals surface area contributed by atoms with E-state index in [9.17, 15) is 24.0 Å². The number of ketones is 1. The smallest absolute Gasteiger partial charge is 0.234 e. The van der Waals surface area contributed by atoms with Crippen LogP contribution in [-0.2, 0) is 24.0 Å². The van der Waals surface area contributed by atoms with E-state index < -0.39 is 29.7 Å². The van der Waals surface area contributed by atoms with Gasteiger partial charge in [-0.15, -0.1) is 0 Å². The molecule has 13 heteroatoms. The Hall–Kier alpha value is -2.61. The summed E-state index contributed by atoms with van der Waals surface area (Å²) in [6.07, 6.45) is 1.32. The van der Waals surface area contributed by atoms with Gasteiger partial charge in [-0.2, -0.15) is 0 Å². The number of hydrogen-bond acceptors (Lipinski definition) is 9. The Morgan fingerprint density at radius 2 is 1.00 bits per heavy atom.